The normalized spacial score (nSPS) is 8.73. The molecule has 0 saturated carbocycles. The minimum Gasteiger partial charge on any atom is -0.545 e. The second kappa shape index (κ2) is 14.8. The van der Waals surface area contributed by atoms with Gasteiger partial charge in [-0.15, -0.1) is 0 Å². The molecule has 0 spiro atoms. The van der Waals surface area contributed by atoms with Crippen molar-refractivity contribution in [3.05, 3.63) is 69.8 Å². The molecule has 15 heteroatoms. The number of rotatable bonds is 6. The quantitative estimate of drug-likeness (QED) is 0.290. The Bertz CT molecular complexity index is 931. The van der Waals surface area contributed by atoms with Gasteiger partial charge in [0.15, 0.2) is 0 Å². The smallest absolute Gasteiger partial charge is 0.545 e. The van der Waals surface area contributed by atoms with E-state index in [0.717, 1.165) is 36.4 Å². The van der Waals surface area contributed by atoms with Crippen molar-refractivity contribution in [3.8, 4) is 0 Å². The first-order chi connectivity index (χ1) is 13.9. The number of carboxylic acid groups (broad SMARTS) is 6. The Morgan fingerprint density at radius 2 is 0.576 bits per heavy atom. The third-order valence-corrected chi connectivity index (χ3v) is 3.42. The molecule has 3 radical (unpaired) electrons. The van der Waals surface area contributed by atoms with E-state index in [-0.39, 0.29) is 51.2 Å². The standard InChI is InChI=1S/2C9H6O6.3Mn/c2*10-7(11)4-2-1-3-5(8(12)13)6(4)9(14)15;;;/h2*1-3H,(H,10,11)(H,12,13)(H,14,15);;;/q;;3*+2/p-6. The largest absolute Gasteiger partial charge is 2.00 e. The molecule has 2 aromatic rings. The summed E-state index contributed by atoms with van der Waals surface area (Å²) < 4.78 is 0. The van der Waals surface area contributed by atoms with Gasteiger partial charge >= 0.3 is 51.2 Å². The van der Waals surface area contributed by atoms with E-state index in [1.807, 2.05) is 0 Å². The Hall–Kier alpha value is -3.18. The molecule has 0 N–H and O–H groups in total. The number of carbonyl (C=O) groups excluding carboxylic acids is 6. The van der Waals surface area contributed by atoms with Crippen molar-refractivity contribution in [3.63, 3.8) is 0 Å². The van der Waals surface area contributed by atoms with Gasteiger partial charge in [0, 0.05) is 33.4 Å². The molecule has 0 saturated heterocycles. The van der Waals surface area contributed by atoms with E-state index in [1.54, 1.807) is 0 Å². The van der Waals surface area contributed by atoms with E-state index in [4.69, 9.17) is 0 Å². The van der Waals surface area contributed by atoms with Gasteiger partial charge in [0.05, 0.1) is 35.8 Å². The molecule has 0 aliphatic carbocycles. The fraction of sp³-hybridized carbons (Fsp3) is 0. The fourth-order valence-corrected chi connectivity index (χ4v) is 2.22. The molecule has 0 atom stereocenters. The number of aromatic carboxylic acids is 6. The average molecular weight is 579 g/mol. The van der Waals surface area contributed by atoms with Crippen molar-refractivity contribution in [2.45, 2.75) is 0 Å². The van der Waals surface area contributed by atoms with Crippen LogP contribution >= 0.6 is 0 Å². The van der Waals surface area contributed by atoms with E-state index in [2.05, 4.69) is 0 Å². The number of benzene rings is 2. The van der Waals surface area contributed by atoms with Crippen molar-refractivity contribution >= 4 is 35.8 Å². The van der Waals surface area contributed by atoms with E-state index in [9.17, 15) is 59.4 Å². The van der Waals surface area contributed by atoms with Crippen LogP contribution in [0.3, 0.4) is 0 Å². The molecule has 0 amide bonds. The van der Waals surface area contributed by atoms with Gasteiger partial charge in [-0.25, -0.2) is 0 Å². The monoisotopic (exact) mass is 579 g/mol. The van der Waals surface area contributed by atoms with Gasteiger partial charge in [-0.2, -0.15) is 0 Å². The number of hydrogen-bond donors (Lipinski definition) is 0. The summed E-state index contributed by atoms with van der Waals surface area (Å²) in [5.41, 5.74) is -4.91. The van der Waals surface area contributed by atoms with Crippen LogP contribution in [0.4, 0.5) is 0 Å². The van der Waals surface area contributed by atoms with Gasteiger partial charge in [-0.05, 0) is 0 Å². The van der Waals surface area contributed by atoms with Crippen LogP contribution in [-0.4, -0.2) is 35.8 Å². The molecule has 0 heterocycles. The van der Waals surface area contributed by atoms with Crippen LogP contribution in [0.1, 0.15) is 62.1 Å². The first-order valence-corrected chi connectivity index (χ1v) is 7.44. The van der Waals surface area contributed by atoms with E-state index < -0.39 is 69.2 Å². The third-order valence-electron chi connectivity index (χ3n) is 3.42. The van der Waals surface area contributed by atoms with Gasteiger partial charge in [-0.3, -0.25) is 0 Å². The molecule has 2 aromatic carbocycles. The first-order valence-electron chi connectivity index (χ1n) is 7.44. The molecule has 0 unspecified atom stereocenters. The number of carboxylic acids is 6. The fourth-order valence-electron chi connectivity index (χ4n) is 2.22. The average Bonchev–Trinajstić information content (AvgIpc) is 2.66. The summed E-state index contributed by atoms with van der Waals surface area (Å²) in [5, 5.41) is 63.1. The first kappa shape index (κ1) is 34.4. The summed E-state index contributed by atoms with van der Waals surface area (Å²) >= 11 is 0. The molecule has 0 fully saturated rings. The van der Waals surface area contributed by atoms with Gasteiger partial charge in [0.25, 0.3) is 0 Å². The summed E-state index contributed by atoms with van der Waals surface area (Å²) in [7, 11) is 0. The Labute approximate surface area is 215 Å². The van der Waals surface area contributed by atoms with Gasteiger partial charge in [-0.1, -0.05) is 36.4 Å². The van der Waals surface area contributed by atoms with Crippen LogP contribution in [0.15, 0.2) is 36.4 Å². The van der Waals surface area contributed by atoms with Crippen LogP contribution in [-0.2, 0) is 51.2 Å². The number of carbonyl (C=O) groups is 6. The van der Waals surface area contributed by atoms with Crippen LogP contribution < -0.4 is 30.6 Å². The van der Waals surface area contributed by atoms with Crippen molar-refractivity contribution in [2.75, 3.05) is 0 Å². The van der Waals surface area contributed by atoms with Crippen LogP contribution in [0.2, 0.25) is 0 Å². The Morgan fingerprint density at radius 1 is 0.394 bits per heavy atom. The summed E-state index contributed by atoms with van der Waals surface area (Å²) in [5.74, 6) is -11.0. The molecule has 33 heavy (non-hydrogen) atoms. The molecule has 0 aliphatic heterocycles. The molecular weight excluding hydrogens is 573 g/mol. The Kier molecular flexibility index (Phi) is 15.4. The van der Waals surface area contributed by atoms with E-state index in [0.29, 0.717) is 0 Å². The van der Waals surface area contributed by atoms with Gasteiger partial charge in [0.1, 0.15) is 0 Å². The molecular formula is C18H6Mn3O12. The summed E-state index contributed by atoms with van der Waals surface area (Å²) in [6, 6.07) is 5.78. The second-order valence-electron chi connectivity index (χ2n) is 5.18. The predicted octanol–water partition coefficient (Wildman–Crippen LogP) is -6.45. The van der Waals surface area contributed by atoms with Crippen LogP contribution in [0.25, 0.3) is 0 Å². The minimum absolute atomic E-state index is 0. The maximum absolute atomic E-state index is 10.6. The SMILES string of the molecule is O=C([O-])c1cccc(C(=O)[O-])c1C(=O)[O-].O=C([O-])c1cccc(C(=O)[O-])c1C(=O)[O-].[Mn+2].[Mn+2].[Mn+2]. The summed E-state index contributed by atoms with van der Waals surface area (Å²) in [6.45, 7) is 0. The van der Waals surface area contributed by atoms with E-state index in [1.165, 1.54) is 0 Å². The van der Waals surface area contributed by atoms with Gasteiger partial charge in [0.2, 0.25) is 0 Å². The summed E-state index contributed by atoms with van der Waals surface area (Å²) in [4.78, 5) is 63.1. The van der Waals surface area contributed by atoms with Gasteiger partial charge < -0.3 is 59.4 Å². The molecule has 0 aromatic heterocycles. The van der Waals surface area contributed by atoms with Crippen LogP contribution in [0.5, 0.6) is 0 Å². The van der Waals surface area contributed by atoms with Crippen molar-refractivity contribution in [1.82, 2.24) is 0 Å². The zero-order valence-corrected chi connectivity index (χ0v) is 19.0. The van der Waals surface area contributed by atoms with Crippen molar-refractivity contribution < 1.29 is 111 Å². The zero-order valence-electron chi connectivity index (χ0n) is 15.5. The minimum atomic E-state index is -1.91. The predicted molar refractivity (Wildman–Crippen MR) is 78.9 cm³/mol. The maximum atomic E-state index is 10.6. The molecule has 171 valence electrons. The molecule has 0 bridgehead atoms. The van der Waals surface area contributed by atoms with Crippen molar-refractivity contribution in [2.24, 2.45) is 0 Å². The van der Waals surface area contributed by atoms with E-state index >= 15 is 0 Å². The molecule has 0 aliphatic rings. The molecule has 2 rings (SSSR count). The maximum Gasteiger partial charge on any atom is 2.00 e. The second-order valence-corrected chi connectivity index (χ2v) is 5.18. The Morgan fingerprint density at radius 3 is 0.697 bits per heavy atom. The summed E-state index contributed by atoms with van der Waals surface area (Å²) in [6.07, 6.45) is 0. The Balaban J connectivity index is -0.000000500. The van der Waals surface area contributed by atoms with Crippen molar-refractivity contribution in [1.29, 1.82) is 0 Å². The number of hydrogen-bond acceptors (Lipinski definition) is 12. The third kappa shape index (κ3) is 8.70. The topological polar surface area (TPSA) is 241 Å². The molecule has 12 nitrogen and oxygen atoms in total. The van der Waals surface area contributed by atoms with Crippen LogP contribution in [0, 0.1) is 0 Å². The zero-order chi connectivity index (χ0) is 23.2.